The van der Waals surface area contributed by atoms with E-state index in [0.717, 1.165) is 0 Å². The smallest absolute Gasteiger partial charge is 0.143 e. The summed E-state index contributed by atoms with van der Waals surface area (Å²) in [7, 11) is 0. The lowest BCUT2D eigenvalue weighted by molar-refractivity contribution is 0.317. The number of hydrogen-bond donors (Lipinski definition) is 2. The minimum atomic E-state index is 0.0605. The van der Waals surface area contributed by atoms with E-state index in [1.165, 1.54) is 0 Å². The van der Waals surface area contributed by atoms with Gasteiger partial charge in [-0.05, 0) is 11.6 Å². The van der Waals surface area contributed by atoms with Gasteiger partial charge in [0.15, 0.2) is 0 Å². The molecule has 0 aromatic heterocycles. The van der Waals surface area contributed by atoms with Crippen LogP contribution in [0.3, 0.4) is 0 Å². The third kappa shape index (κ3) is 2.44. The maximum Gasteiger partial charge on any atom is 0.143 e. The predicted octanol–water partition coefficient (Wildman–Crippen LogP) is 2.94. The fraction of sp³-hybridized carbons (Fsp3) is 0.125. The van der Waals surface area contributed by atoms with Gasteiger partial charge in [0.05, 0.1) is 15.1 Å². The fourth-order valence-corrected chi connectivity index (χ4v) is 1.55. The molecule has 6 heteroatoms. The Morgan fingerprint density at radius 1 is 1.29 bits per heavy atom. The SMILES string of the molecule is N/C(Cc1ccc(Cl)c(Cl)c1Cl)=N\O. The van der Waals surface area contributed by atoms with Crippen LogP contribution in [-0.2, 0) is 6.42 Å². The molecule has 0 bridgehead atoms. The van der Waals surface area contributed by atoms with E-state index in [4.69, 9.17) is 45.7 Å². The van der Waals surface area contributed by atoms with Crippen molar-refractivity contribution in [3.05, 3.63) is 32.8 Å². The van der Waals surface area contributed by atoms with Gasteiger partial charge < -0.3 is 10.9 Å². The summed E-state index contributed by atoms with van der Waals surface area (Å²) in [6.07, 6.45) is 0.228. The van der Waals surface area contributed by atoms with Crippen LogP contribution in [0, 0.1) is 0 Å². The maximum atomic E-state index is 8.37. The van der Waals surface area contributed by atoms with Gasteiger partial charge >= 0.3 is 0 Å². The first kappa shape index (κ1) is 11.4. The van der Waals surface area contributed by atoms with E-state index in [9.17, 15) is 0 Å². The molecule has 0 aliphatic rings. The van der Waals surface area contributed by atoms with Crippen molar-refractivity contribution in [3.8, 4) is 0 Å². The summed E-state index contributed by atoms with van der Waals surface area (Å²) in [4.78, 5) is 0. The molecular weight excluding hydrogens is 246 g/mol. The molecule has 76 valence electrons. The van der Waals surface area contributed by atoms with E-state index in [0.29, 0.717) is 15.6 Å². The second-order valence-corrected chi connectivity index (χ2v) is 3.77. The van der Waals surface area contributed by atoms with Crippen LogP contribution in [0.4, 0.5) is 0 Å². The summed E-state index contributed by atoms with van der Waals surface area (Å²) < 4.78 is 0. The first-order chi connectivity index (χ1) is 6.56. The van der Waals surface area contributed by atoms with Gasteiger partial charge in [-0.3, -0.25) is 0 Å². The fourth-order valence-electron chi connectivity index (χ4n) is 0.933. The topological polar surface area (TPSA) is 58.6 Å². The van der Waals surface area contributed by atoms with Crippen LogP contribution in [0.5, 0.6) is 0 Å². The molecule has 0 amide bonds. The lowest BCUT2D eigenvalue weighted by Crippen LogP contribution is -2.14. The first-order valence-electron chi connectivity index (χ1n) is 3.65. The second-order valence-electron chi connectivity index (χ2n) is 2.60. The summed E-state index contributed by atoms with van der Waals surface area (Å²) in [5, 5.41) is 12.2. The summed E-state index contributed by atoms with van der Waals surface area (Å²) >= 11 is 17.4. The molecule has 0 heterocycles. The number of rotatable bonds is 2. The van der Waals surface area contributed by atoms with Gasteiger partial charge in [0.1, 0.15) is 5.84 Å². The van der Waals surface area contributed by atoms with Crippen LogP contribution < -0.4 is 5.73 Å². The molecule has 0 aliphatic carbocycles. The molecule has 0 atom stereocenters. The van der Waals surface area contributed by atoms with E-state index >= 15 is 0 Å². The number of hydrogen-bond acceptors (Lipinski definition) is 2. The highest BCUT2D eigenvalue weighted by Crippen LogP contribution is 2.32. The Morgan fingerprint density at radius 3 is 2.50 bits per heavy atom. The summed E-state index contributed by atoms with van der Waals surface area (Å²) in [5.74, 6) is 0.0605. The van der Waals surface area contributed by atoms with E-state index in [-0.39, 0.29) is 17.3 Å². The third-order valence-electron chi connectivity index (χ3n) is 1.62. The zero-order valence-electron chi connectivity index (χ0n) is 6.97. The zero-order valence-corrected chi connectivity index (χ0v) is 9.24. The molecule has 3 nitrogen and oxygen atoms in total. The number of amidine groups is 1. The molecule has 0 unspecified atom stereocenters. The van der Waals surface area contributed by atoms with Crippen LogP contribution in [-0.4, -0.2) is 11.0 Å². The highest BCUT2D eigenvalue weighted by Gasteiger charge is 2.09. The van der Waals surface area contributed by atoms with Gasteiger partial charge in [0.2, 0.25) is 0 Å². The second kappa shape index (κ2) is 4.73. The monoisotopic (exact) mass is 252 g/mol. The number of nitrogens with zero attached hydrogens (tertiary/aromatic N) is 1. The standard InChI is InChI=1S/C8H7Cl3N2O/c9-5-2-1-4(3-6(12)13-14)7(10)8(5)11/h1-2,14H,3H2,(H2,12,13). The van der Waals surface area contributed by atoms with Crippen molar-refractivity contribution in [2.75, 3.05) is 0 Å². The molecule has 0 saturated carbocycles. The summed E-state index contributed by atoms with van der Waals surface area (Å²) in [6, 6.07) is 3.28. The van der Waals surface area contributed by atoms with E-state index < -0.39 is 0 Å². The maximum absolute atomic E-state index is 8.37. The molecule has 0 saturated heterocycles. The highest BCUT2D eigenvalue weighted by atomic mass is 35.5. The Hall–Kier alpha value is -0.640. The molecule has 3 N–H and O–H groups in total. The molecule has 0 spiro atoms. The van der Waals surface area contributed by atoms with Gasteiger partial charge in [0, 0.05) is 6.42 Å². The minimum absolute atomic E-state index is 0.0605. The van der Waals surface area contributed by atoms with Gasteiger partial charge in [-0.1, -0.05) is 46.0 Å². The van der Waals surface area contributed by atoms with Crippen molar-refractivity contribution in [2.45, 2.75) is 6.42 Å². The lowest BCUT2D eigenvalue weighted by Gasteiger charge is -2.05. The van der Waals surface area contributed by atoms with Crippen molar-refractivity contribution in [2.24, 2.45) is 10.9 Å². The number of benzene rings is 1. The van der Waals surface area contributed by atoms with Crippen molar-refractivity contribution in [1.29, 1.82) is 0 Å². The summed E-state index contributed by atoms with van der Waals surface area (Å²) in [5.41, 5.74) is 5.99. The molecule has 1 aromatic rings. The van der Waals surface area contributed by atoms with Crippen LogP contribution >= 0.6 is 34.8 Å². The Labute approximate surface area is 96.1 Å². The predicted molar refractivity (Wildman–Crippen MR) is 58.6 cm³/mol. The van der Waals surface area contributed by atoms with Crippen molar-refractivity contribution >= 4 is 40.6 Å². The van der Waals surface area contributed by atoms with Gasteiger partial charge in [0.25, 0.3) is 0 Å². The molecule has 0 fully saturated rings. The zero-order chi connectivity index (χ0) is 10.7. The molecule has 0 aliphatic heterocycles. The van der Waals surface area contributed by atoms with E-state index in [1.807, 2.05) is 0 Å². The first-order valence-corrected chi connectivity index (χ1v) is 4.78. The molecule has 1 rings (SSSR count). The normalized spacial score (nSPS) is 11.8. The molecule has 0 radical (unpaired) electrons. The van der Waals surface area contributed by atoms with Crippen molar-refractivity contribution < 1.29 is 5.21 Å². The Morgan fingerprint density at radius 2 is 1.93 bits per heavy atom. The van der Waals surface area contributed by atoms with Crippen LogP contribution in [0.2, 0.25) is 15.1 Å². The Kier molecular flexibility index (Phi) is 3.86. The quantitative estimate of drug-likeness (QED) is 0.280. The molecule has 1 aromatic carbocycles. The highest BCUT2D eigenvalue weighted by molar-refractivity contribution is 6.48. The van der Waals surface area contributed by atoms with Crippen LogP contribution in [0.1, 0.15) is 5.56 Å². The van der Waals surface area contributed by atoms with E-state index in [2.05, 4.69) is 5.16 Å². The molecule has 14 heavy (non-hydrogen) atoms. The number of nitrogens with two attached hydrogens (primary N) is 1. The van der Waals surface area contributed by atoms with Gasteiger partial charge in [-0.2, -0.15) is 0 Å². The van der Waals surface area contributed by atoms with Crippen molar-refractivity contribution in [1.82, 2.24) is 0 Å². The largest absolute Gasteiger partial charge is 0.409 e. The van der Waals surface area contributed by atoms with Gasteiger partial charge in [-0.25, -0.2) is 0 Å². The third-order valence-corrected chi connectivity index (χ3v) is 2.95. The summed E-state index contributed by atoms with van der Waals surface area (Å²) in [6.45, 7) is 0. The van der Waals surface area contributed by atoms with Crippen molar-refractivity contribution in [3.63, 3.8) is 0 Å². The van der Waals surface area contributed by atoms with Crippen LogP contribution in [0.25, 0.3) is 0 Å². The average Bonchev–Trinajstić information content (AvgIpc) is 2.19. The van der Waals surface area contributed by atoms with E-state index in [1.54, 1.807) is 12.1 Å². The number of halogens is 3. The van der Waals surface area contributed by atoms with Crippen LogP contribution in [0.15, 0.2) is 17.3 Å². The minimum Gasteiger partial charge on any atom is -0.409 e. The van der Waals surface area contributed by atoms with Gasteiger partial charge in [-0.15, -0.1) is 0 Å². The Bertz CT molecular complexity index is 379. The average molecular weight is 254 g/mol. The Balaban J connectivity index is 3.06. The lowest BCUT2D eigenvalue weighted by atomic mass is 10.1. The molecular formula is C8H7Cl3N2O. The number of oxime groups is 1.